The van der Waals surface area contributed by atoms with Gasteiger partial charge in [-0.15, -0.1) is 11.8 Å². The summed E-state index contributed by atoms with van der Waals surface area (Å²) >= 11 is 1.40. The minimum Gasteiger partial charge on any atom is -0.326 e. The van der Waals surface area contributed by atoms with Crippen LogP contribution in [0.4, 0.5) is 11.6 Å². The lowest BCUT2D eigenvalue weighted by atomic mass is 9.71. The Morgan fingerprint density at radius 2 is 1.89 bits per heavy atom. The molecule has 0 fully saturated rings. The molecule has 1 amide bonds. The summed E-state index contributed by atoms with van der Waals surface area (Å²) in [4.78, 5) is 25.0. The van der Waals surface area contributed by atoms with Crippen molar-refractivity contribution in [3.63, 3.8) is 0 Å². The van der Waals surface area contributed by atoms with Crippen molar-refractivity contribution in [2.45, 2.75) is 56.4 Å². The summed E-state index contributed by atoms with van der Waals surface area (Å²) in [6, 6.07) is 11.7. The Labute approximate surface area is 227 Å². The Morgan fingerprint density at radius 3 is 2.55 bits per heavy atom. The Hall–Kier alpha value is -3.49. The molecule has 38 heavy (non-hydrogen) atoms. The summed E-state index contributed by atoms with van der Waals surface area (Å²) in [7, 11) is -3.85. The van der Waals surface area contributed by atoms with E-state index in [2.05, 4.69) is 46.8 Å². The predicted octanol–water partition coefficient (Wildman–Crippen LogP) is 4.82. The Bertz CT molecular complexity index is 1450. The molecular weight excluding hydrogens is 520 g/mol. The van der Waals surface area contributed by atoms with Crippen molar-refractivity contribution in [2.75, 3.05) is 15.8 Å². The van der Waals surface area contributed by atoms with Gasteiger partial charge in [0.2, 0.25) is 11.9 Å². The highest BCUT2D eigenvalue weighted by Gasteiger charge is 2.30. The Kier molecular flexibility index (Phi) is 8.33. The summed E-state index contributed by atoms with van der Waals surface area (Å²) in [6.07, 6.45) is 6.01. The van der Waals surface area contributed by atoms with Gasteiger partial charge < -0.3 is 5.32 Å². The van der Waals surface area contributed by atoms with E-state index in [0.29, 0.717) is 27.9 Å². The molecule has 3 aromatic rings. The monoisotopic (exact) mass is 550 g/mol. The van der Waals surface area contributed by atoms with E-state index in [4.69, 9.17) is 4.98 Å². The standard InChI is InChI=1S/C27H30N6O3S2/c1-27(2,3)20-5-10-23-18(16-20)15-19(17-28)25(32-23)37-14-11-24(34)31-21-6-8-22(9-7-21)38(35,36)33-26-29-12-4-13-30-26/h4,6-9,12-13,15,20H,5,10-11,14,16H2,1-3H3,(H,31,34)(H,29,30,33). The number of hydrogen-bond donors (Lipinski definition) is 2. The highest BCUT2D eigenvalue weighted by atomic mass is 32.2. The highest BCUT2D eigenvalue weighted by Crippen LogP contribution is 2.38. The lowest BCUT2D eigenvalue weighted by Gasteiger charge is -2.34. The van der Waals surface area contributed by atoms with E-state index in [-0.39, 0.29) is 28.6 Å². The summed E-state index contributed by atoms with van der Waals surface area (Å²) in [6.45, 7) is 6.77. The molecule has 0 saturated heterocycles. The maximum Gasteiger partial charge on any atom is 0.264 e. The van der Waals surface area contributed by atoms with E-state index in [1.807, 2.05) is 6.07 Å². The number of nitriles is 1. The third-order valence-corrected chi connectivity index (χ3v) is 8.84. The van der Waals surface area contributed by atoms with Crippen LogP contribution in [0, 0.1) is 22.7 Å². The SMILES string of the molecule is CC(C)(C)C1CCc2nc(SCCC(=O)Nc3ccc(S(=O)(=O)Nc4ncccn4)cc3)c(C#N)cc2C1. The van der Waals surface area contributed by atoms with E-state index in [1.54, 1.807) is 6.07 Å². The summed E-state index contributed by atoms with van der Waals surface area (Å²) in [5.74, 6) is 0.788. The van der Waals surface area contributed by atoms with E-state index in [1.165, 1.54) is 48.4 Å². The van der Waals surface area contributed by atoms with Crippen LogP contribution in [0.15, 0.2) is 58.7 Å². The van der Waals surface area contributed by atoms with Crippen LogP contribution in [-0.4, -0.2) is 35.0 Å². The molecule has 1 aliphatic carbocycles. The second-order valence-electron chi connectivity index (χ2n) is 10.2. The van der Waals surface area contributed by atoms with Crippen LogP contribution in [0.3, 0.4) is 0 Å². The van der Waals surface area contributed by atoms with E-state index < -0.39 is 10.0 Å². The normalized spacial score (nSPS) is 15.3. The van der Waals surface area contributed by atoms with Gasteiger partial charge in [0.05, 0.1) is 10.5 Å². The van der Waals surface area contributed by atoms with Crippen LogP contribution in [-0.2, 0) is 27.7 Å². The van der Waals surface area contributed by atoms with Gasteiger partial charge in [0.25, 0.3) is 10.0 Å². The number of benzene rings is 1. The fourth-order valence-electron chi connectivity index (χ4n) is 4.29. The molecule has 11 heteroatoms. The van der Waals surface area contributed by atoms with Gasteiger partial charge in [-0.2, -0.15) is 5.26 Å². The Morgan fingerprint density at radius 1 is 1.18 bits per heavy atom. The van der Waals surface area contributed by atoms with Gasteiger partial charge in [-0.05, 0) is 72.6 Å². The average Bonchev–Trinajstić information content (AvgIpc) is 2.88. The molecule has 1 aliphatic rings. The molecule has 0 spiro atoms. The Balaban J connectivity index is 1.31. The van der Waals surface area contributed by atoms with E-state index >= 15 is 0 Å². The molecule has 4 rings (SSSR count). The summed E-state index contributed by atoms with van der Waals surface area (Å²) in [5.41, 5.74) is 3.46. The second kappa shape index (κ2) is 11.5. The van der Waals surface area contributed by atoms with Gasteiger partial charge in [-0.3, -0.25) is 4.79 Å². The molecule has 0 radical (unpaired) electrons. The van der Waals surface area contributed by atoms with Gasteiger partial charge in [0.15, 0.2) is 0 Å². The number of pyridine rings is 1. The number of anilines is 2. The number of carbonyl (C=O) groups is 1. The summed E-state index contributed by atoms with van der Waals surface area (Å²) < 4.78 is 27.3. The molecular formula is C27H30N6O3S2. The van der Waals surface area contributed by atoms with Crippen LogP contribution in [0.1, 0.15) is 50.4 Å². The first-order valence-corrected chi connectivity index (χ1v) is 14.8. The summed E-state index contributed by atoms with van der Waals surface area (Å²) in [5, 5.41) is 13.1. The number of carbonyl (C=O) groups excluding carboxylic acids is 1. The molecule has 1 aromatic carbocycles. The fourth-order valence-corrected chi connectivity index (χ4v) is 6.16. The van der Waals surface area contributed by atoms with Crippen molar-refractivity contribution in [3.8, 4) is 6.07 Å². The highest BCUT2D eigenvalue weighted by molar-refractivity contribution is 7.99. The van der Waals surface area contributed by atoms with Gasteiger partial charge in [-0.25, -0.2) is 28.1 Å². The number of fused-ring (bicyclic) bond motifs is 1. The molecule has 2 heterocycles. The number of aromatic nitrogens is 3. The van der Waals surface area contributed by atoms with Crippen molar-refractivity contribution in [2.24, 2.45) is 11.3 Å². The maximum atomic E-state index is 12.5. The second-order valence-corrected chi connectivity index (χ2v) is 13.0. The van der Waals surface area contributed by atoms with Crippen molar-refractivity contribution >= 4 is 39.3 Å². The van der Waals surface area contributed by atoms with Gasteiger partial charge >= 0.3 is 0 Å². The third kappa shape index (κ3) is 6.88. The first-order chi connectivity index (χ1) is 18.0. The van der Waals surface area contributed by atoms with Crippen LogP contribution in [0.25, 0.3) is 0 Å². The number of nitrogens with one attached hydrogen (secondary N) is 2. The zero-order valence-corrected chi connectivity index (χ0v) is 23.2. The number of amides is 1. The minimum absolute atomic E-state index is 0.0230. The van der Waals surface area contributed by atoms with Crippen LogP contribution >= 0.6 is 11.8 Å². The van der Waals surface area contributed by atoms with Gasteiger partial charge in [-0.1, -0.05) is 20.8 Å². The molecule has 198 valence electrons. The number of rotatable bonds is 8. The van der Waals surface area contributed by atoms with Crippen molar-refractivity contribution < 1.29 is 13.2 Å². The number of nitrogens with zero attached hydrogens (tertiary/aromatic N) is 4. The zero-order valence-electron chi connectivity index (χ0n) is 21.6. The van der Waals surface area contributed by atoms with Crippen molar-refractivity contribution in [1.29, 1.82) is 5.26 Å². The molecule has 2 aromatic heterocycles. The van der Waals surface area contributed by atoms with E-state index in [9.17, 15) is 18.5 Å². The van der Waals surface area contributed by atoms with Crippen LogP contribution < -0.4 is 10.0 Å². The number of aryl methyl sites for hydroxylation is 1. The van der Waals surface area contributed by atoms with Crippen molar-refractivity contribution in [1.82, 2.24) is 15.0 Å². The molecule has 1 atom stereocenters. The maximum absolute atomic E-state index is 12.5. The number of hydrogen-bond acceptors (Lipinski definition) is 8. The molecule has 2 N–H and O–H groups in total. The molecule has 0 bridgehead atoms. The third-order valence-electron chi connectivity index (χ3n) is 6.50. The molecule has 0 saturated carbocycles. The number of thioether (sulfide) groups is 1. The number of sulfonamides is 1. The average molecular weight is 551 g/mol. The first kappa shape index (κ1) is 27.5. The molecule has 9 nitrogen and oxygen atoms in total. The smallest absolute Gasteiger partial charge is 0.264 e. The van der Waals surface area contributed by atoms with Gasteiger partial charge in [0, 0.05) is 35.9 Å². The predicted molar refractivity (Wildman–Crippen MR) is 147 cm³/mol. The molecule has 1 unspecified atom stereocenters. The molecule has 0 aliphatic heterocycles. The lowest BCUT2D eigenvalue weighted by molar-refractivity contribution is -0.115. The largest absolute Gasteiger partial charge is 0.326 e. The zero-order chi connectivity index (χ0) is 27.3. The van der Waals surface area contributed by atoms with Crippen molar-refractivity contribution in [3.05, 3.63) is 65.6 Å². The van der Waals surface area contributed by atoms with Gasteiger partial charge in [0.1, 0.15) is 11.1 Å². The lowest BCUT2D eigenvalue weighted by Crippen LogP contribution is -2.27. The topological polar surface area (TPSA) is 138 Å². The minimum atomic E-state index is -3.85. The fraction of sp³-hybridized carbons (Fsp3) is 0.370. The van der Waals surface area contributed by atoms with Crippen LogP contribution in [0.2, 0.25) is 0 Å². The van der Waals surface area contributed by atoms with Crippen LogP contribution in [0.5, 0.6) is 0 Å². The van der Waals surface area contributed by atoms with E-state index in [0.717, 1.165) is 30.5 Å². The quantitative estimate of drug-likeness (QED) is 0.381. The first-order valence-electron chi connectivity index (χ1n) is 12.3.